The van der Waals surface area contributed by atoms with Gasteiger partial charge in [-0.15, -0.1) is 0 Å². The lowest BCUT2D eigenvalue weighted by Crippen LogP contribution is -2.26. The first-order valence-corrected chi connectivity index (χ1v) is 14.8. The molecule has 1 aliphatic heterocycles. The molecule has 0 saturated heterocycles. The van der Waals surface area contributed by atoms with Crippen LogP contribution in [-0.4, -0.2) is 4.98 Å². The highest BCUT2D eigenvalue weighted by Gasteiger charge is 2.51. The summed E-state index contributed by atoms with van der Waals surface area (Å²) in [5.41, 5.74) is 16.6. The molecule has 3 aliphatic rings. The van der Waals surface area contributed by atoms with E-state index in [0.29, 0.717) is 0 Å². The number of pyridine rings is 1. The zero-order chi connectivity index (χ0) is 28.4. The number of rotatable bonds is 1. The van der Waals surface area contributed by atoms with E-state index in [1.54, 1.807) is 0 Å². The van der Waals surface area contributed by atoms with E-state index in [-0.39, 0.29) is 5.41 Å². The Kier molecular flexibility index (Phi) is 5.36. The SMILES string of the molecule is C=C1c2ccccc2-c2ncccc2N1c1ccc2c(c1)C1(c3ccccc3-c3ccccc31)c1ccccc1-2.CC. The van der Waals surface area contributed by atoms with Crippen molar-refractivity contribution in [1.82, 2.24) is 4.98 Å². The molecule has 2 heterocycles. The molecule has 0 atom stereocenters. The predicted molar refractivity (Wildman–Crippen MR) is 175 cm³/mol. The lowest BCUT2D eigenvalue weighted by molar-refractivity contribution is 0.793. The van der Waals surface area contributed by atoms with E-state index < -0.39 is 0 Å². The second-order valence-corrected chi connectivity index (χ2v) is 10.8. The van der Waals surface area contributed by atoms with E-state index in [4.69, 9.17) is 4.98 Å². The molecule has 200 valence electrons. The molecule has 0 saturated carbocycles. The molecule has 0 fully saturated rings. The first kappa shape index (κ1) is 24.6. The summed E-state index contributed by atoms with van der Waals surface area (Å²) in [6.07, 6.45) is 1.88. The molecule has 1 aromatic heterocycles. The van der Waals surface area contributed by atoms with Gasteiger partial charge in [0.1, 0.15) is 0 Å². The molecule has 0 amide bonds. The van der Waals surface area contributed by atoms with Gasteiger partial charge in [0.15, 0.2) is 0 Å². The third-order valence-corrected chi connectivity index (χ3v) is 9.03. The number of nitrogens with zero attached hydrogens (tertiary/aromatic N) is 2. The molecule has 1 spiro atoms. The number of aromatic nitrogens is 1. The van der Waals surface area contributed by atoms with Crippen molar-refractivity contribution in [2.75, 3.05) is 4.90 Å². The summed E-state index contributed by atoms with van der Waals surface area (Å²) >= 11 is 0. The summed E-state index contributed by atoms with van der Waals surface area (Å²) in [6, 6.07) is 46.4. The highest BCUT2D eigenvalue weighted by molar-refractivity contribution is 6.02. The molecule has 2 nitrogen and oxygen atoms in total. The van der Waals surface area contributed by atoms with Crippen molar-refractivity contribution < 1.29 is 0 Å². The van der Waals surface area contributed by atoms with Crippen molar-refractivity contribution in [3.8, 4) is 33.5 Å². The Morgan fingerprint density at radius 3 is 1.62 bits per heavy atom. The van der Waals surface area contributed by atoms with Gasteiger partial charge in [-0.3, -0.25) is 4.98 Å². The summed E-state index contributed by atoms with van der Waals surface area (Å²) in [7, 11) is 0. The van der Waals surface area contributed by atoms with Crippen LogP contribution in [0, 0.1) is 0 Å². The van der Waals surface area contributed by atoms with Gasteiger partial charge in [0.2, 0.25) is 0 Å². The minimum atomic E-state index is -0.373. The normalized spacial score (nSPS) is 14.1. The third-order valence-electron chi connectivity index (χ3n) is 9.03. The highest BCUT2D eigenvalue weighted by Crippen LogP contribution is 2.63. The Morgan fingerprint density at radius 2 is 1.02 bits per heavy atom. The van der Waals surface area contributed by atoms with Crippen molar-refractivity contribution in [1.29, 1.82) is 0 Å². The first-order valence-electron chi connectivity index (χ1n) is 14.8. The van der Waals surface area contributed by atoms with Gasteiger partial charge in [0.05, 0.1) is 16.8 Å². The van der Waals surface area contributed by atoms with Gasteiger partial charge < -0.3 is 4.90 Å². The molecule has 2 heteroatoms. The van der Waals surface area contributed by atoms with Gasteiger partial charge in [0.25, 0.3) is 0 Å². The van der Waals surface area contributed by atoms with Gasteiger partial charge in [0, 0.05) is 28.7 Å². The van der Waals surface area contributed by atoms with E-state index in [9.17, 15) is 0 Å². The Balaban J connectivity index is 0.00000131. The van der Waals surface area contributed by atoms with Gasteiger partial charge in [-0.05, 0) is 68.8 Å². The quantitative estimate of drug-likeness (QED) is 0.207. The van der Waals surface area contributed by atoms with Crippen molar-refractivity contribution in [3.63, 3.8) is 0 Å². The average molecular weight is 539 g/mol. The largest absolute Gasteiger partial charge is 0.308 e. The van der Waals surface area contributed by atoms with E-state index in [0.717, 1.165) is 33.9 Å². The fourth-order valence-electron chi connectivity index (χ4n) is 7.51. The molecular formula is C40H30N2. The Bertz CT molecular complexity index is 1990. The van der Waals surface area contributed by atoms with Crippen LogP contribution in [0.1, 0.15) is 41.7 Å². The smallest absolute Gasteiger partial charge is 0.0949 e. The van der Waals surface area contributed by atoms with Crippen molar-refractivity contribution in [3.05, 3.63) is 168 Å². The number of fused-ring (bicyclic) bond motifs is 13. The lowest BCUT2D eigenvalue weighted by atomic mass is 9.70. The molecule has 5 aromatic carbocycles. The predicted octanol–water partition coefficient (Wildman–Crippen LogP) is 10.2. The fraction of sp³-hybridized carbons (Fsp3) is 0.0750. The van der Waals surface area contributed by atoms with E-state index in [2.05, 4.69) is 133 Å². The van der Waals surface area contributed by atoms with Crippen LogP contribution in [0.2, 0.25) is 0 Å². The molecule has 2 aliphatic carbocycles. The highest BCUT2D eigenvalue weighted by atomic mass is 15.2. The summed E-state index contributed by atoms with van der Waals surface area (Å²) < 4.78 is 0. The molecule has 0 bridgehead atoms. The fourth-order valence-corrected chi connectivity index (χ4v) is 7.51. The number of hydrogen-bond acceptors (Lipinski definition) is 2. The number of hydrogen-bond donors (Lipinski definition) is 0. The minimum Gasteiger partial charge on any atom is -0.308 e. The topological polar surface area (TPSA) is 16.1 Å². The van der Waals surface area contributed by atoms with Gasteiger partial charge >= 0.3 is 0 Å². The van der Waals surface area contributed by atoms with E-state index in [1.807, 2.05) is 26.1 Å². The standard InChI is InChI=1S/C38H24N2.C2H6/c1-24-26-11-2-3-15-31(26)37-36(19-10-22-39-37)40(24)25-20-21-30-29-14-6-9-18-34(29)38(35(30)23-25)32-16-7-4-12-27(32)28-13-5-8-17-33(28)38;1-2/h2-23H,1H2;1-2H3. The van der Waals surface area contributed by atoms with Gasteiger partial charge in [-0.2, -0.15) is 0 Å². The Hall–Kier alpha value is -5.21. The Labute approximate surface area is 247 Å². The molecule has 0 unspecified atom stereocenters. The summed E-state index contributed by atoms with van der Waals surface area (Å²) in [4.78, 5) is 7.11. The van der Waals surface area contributed by atoms with Crippen molar-refractivity contribution >= 4 is 17.1 Å². The van der Waals surface area contributed by atoms with Crippen molar-refractivity contribution in [2.45, 2.75) is 19.3 Å². The van der Waals surface area contributed by atoms with Crippen molar-refractivity contribution in [2.24, 2.45) is 0 Å². The Morgan fingerprint density at radius 1 is 0.524 bits per heavy atom. The maximum atomic E-state index is 4.82. The lowest BCUT2D eigenvalue weighted by Gasteiger charge is -2.35. The summed E-state index contributed by atoms with van der Waals surface area (Å²) in [5, 5.41) is 0. The molecule has 0 radical (unpaired) electrons. The molecule has 6 aromatic rings. The van der Waals surface area contributed by atoms with Crippen LogP contribution in [0.25, 0.3) is 39.2 Å². The maximum absolute atomic E-state index is 4.82. The van der Waals surface area contributed by atoms with Crippen LogP contribution in [0.4, 0.5) is 11.4 Å². The number of benzene rings is 5. The second-order valence-electron chi connectivity index (χ2n) is 10.8. The first-order chi connectivity index (χ1) is 20.8. The van der Waals surface area contributed by atoms with Crippen LogP contribution in [0.15, 0.2) is 140 Å². The van der Waals surface area contributed by atoms with Crippen LogP contribution >= 0.6 is 0 Å². The molecule has 9 rings (SSSR count). The summed E-state index contributed by atoms with van der Waals surface area (Å²) in [6.45, 7) is 8.60. The zero-order valence-electron chi connectivity index (χ0n) is 23.8. The molecule has 0 N–H and O–H groups in total. The third kappa shape index (κ3) is 3.01. The second kappa shape index (κ2) is 9.15. The number of anilines is 2. The van der Waals surface area contributed by atoms with Crippen LogP contribution in [0.5, 0.6) is 0 Å². The van der Waals surface area contributed by atoms with E-state index in [1.165, 1.54) is 44.5 Å². The molecule has 42 heavy (non-hydrogen) atoms. The van der Waals surface area contributed by atoms with Crippen LogP contribution < -0.4 is 4.90 Å². The average Bonchev–Trinajstić information content (AvgIpc) is 3.53. The zero-order valence-corrected chi connectivity index (χ0v) is 23.8. The van der Waals surface area contributed by atoms with Gasteiger partial charge in [-0.25, -0.2) is 0 Å². The summed E-state index contributed by atoms with van der Waals surface area (Å²) in [5.74, 6) is 0. The molecular weight excluding hydrogens is 508 g/mol. The van der Waals surface area contributed by atoms with Crippen LogP contribution in [-0.2, 0) is 5.41 Å². The monoisotopic (exact) mass is 538 g/mol. The minimum absolute atomic E-state index is 0.373. The van der Waals surface area contributed by atoms with Crippen LogP contribution in [0.3, 0.4) is 0 Å². The van der Waals surface area contributed by atoms with Gasteiger partial charge in [-0.1, -0.05) is 124 Å². The maximum Gasteiger partial charge on any atom is 0.0949 e. The van der Waals surface area contributed by atoms with E-state index >= 15 is 0 Å².